The zero-order chi connectivity index (χ0) is 13.5. The summed E-state index contributed by atoms with van der Waals surface area (Å²) in [6.07, 6.45) is 5.23. The lowest BCUT2D eigenvalue weighted by Gasteiger charge is -2.44. The quantitative estimate of drug-likeness (QED) is 0.756. The Morgan fingerprint density at radius 1 is 1.30 bits per heavy atom. The van der Waals surface area contributed by atoms with Crippen molar-refractivity contribution in [2.24, 2.45) is 0 Å². The van der Waals surface area contributed by atoms with E-state index in [2.05, 4.69) is 26.3 Å². The van der Waals surface area contributed by atoms with Gasteiger partial charge in [0, 0.05) is 6.54 Å². The summed E-state index contributed by atoms with van der Waals surface area (Å²) >= 11 is 7.72. The van der Waals surface area contributed by atoms with Crippen LogP contribution in [0.1, 0.15) is 25.7 Å². The number of ether oxygens (including phenoxy) is 1. The Balaban J connectivity index is 1.79. The van der Waals surface area contributed by atoms with Gasteiger partial charge in [0.25, 0.3) is 0 Å². The van der Waals surface area contributed by atoms with Crippen molar-refractivity contribution in [3.8, 4) is 0 Å². The van der Waals surface area contributed by atoms with E-state index >= 15 is 0 Å². The maximum Gasteiger partial charge on any atom is 0.225 e. The van der Waals surface area contributed by atoms with Crippen molar-refractivity contribution in [3.05, 3.63) is 16.7 Å². The zero-order valence-electron chi connectivity index (χ0n) is 11.1. The van der Waals surface area contributed by atoms with Crippen molar-refractivity contribution in [1.29, 1.82) is 0 Å². The van der Waals surface area contributed by atoms with E-state index in [-0.39, 0.29) is 0 Å². The van der Waals surface area contributed by atoms with Crippen molar-refractivity contribution < 1.29 is 4.74 Å². The molecule has 2 unspecified atom stereocenters. The van der Waals surface area contributed by atoms with Gasteiger partial charge in [-0.25, -0.2) is 4.98 Å². The van der Waals surface area contributed by atoms with Gasteiger partial charge in [-0.2, -0.15) is 4.98 Å². The second-order valence-electron chi connectivity index (χ2n) is 5.41. The topological polar surface area (TPSA) is 38.2 Å². The molecule has 2 fully saturated rings. The number of morpholine rings is 1. The van der Waals surface area contributed by atoms with E-state index in [1.807, 2.05) is 0 Å². The highest BCUT2D eigenvalue weighted by atomic mass is 35.5. The van der Waals surface area contributed by atoms with Crippen LogP contribution >= 0.6 is 22.9 Å². The van der Waals surface area contributed by atoms with E-state index < -0.39 is 0 Å². The third-order valence-corrected chi connectivity index (χ3v) is 5.26. The summed E-state index contributed by atoms with van der Waals surface area (Å²) in [5, 5.41) is 3.51. The molecule has 1 saturated carbocycles. The fourth-order valence-corrected chi connectivity index (χ4v) is 4.37. The molecule has 4 nitrogen and oxygen atoms in total. The van der Waals surface area contributed by atoms with Gasteiger partial charge >= 0.3 is 0 Å². The molecule has 6 heteroatoms. The maximum atomic E-state index is 6.10. The number of nitrogens with zero attached hydrogens (tertiary/aromatic N) is 3. The first kappa shape index (κ1) is 12.8. The predicted octanol–water partition coefficient (Wildman–Crippen LogP) is 3.49. The van der Waals surface area contributed by atoms with Crippen molar-refractivity contribution in [2.45, 2.75) is 37.8 Å². The summed E-state index contributed by atoms with van der Waals surface area (Å²) in [7, 11) is 0. The molecule has 2 atom stereocenters. The molecule has 106 valence electrons. The van der Waals surface area contributed by atoms with Gasteiger partial charge in [0.05, 0.1) is 24.1 Å². The van der Waals surface area contributed by atoms with Gasteiger partial charge in [0.15, 0.2) is 0 Å². The molecular weight excluding hydrogens is 294 g/mol. The molecule has 0 amide bonds. The molecule has 1 aliphatic heterocycles. The molecular formula is C14H16ClN3OS. The van der Waals surface area contributed by atoms with Crippen LogP contribution in [0.15, 0.2) is 11.4 Å². The van der Waals surface area contributed by atoms with E-state index in [0.29, 0.717) is 17.4 Å². The predicted molar refractivity (Wildman–Crippen MR) is 81.8 cm³/mol. The lowest BCUT2D eigenvalue weighted by atomic mass is 9.90. The minimum atomic E-state index is 0.341. The number of rotatable bonds is 1. The van der Waals surface area contributed by atoms with Gasteiger partial charge in [-0.05, 0) is 35.9 Å². The summed E-state index contributed by atoms with van der Waals surface area (Å²) in [5.41, 5.74) is 0. The summed E-state index contributed by atoms with van der Waals surface area (Å²) in [6, 6.07) is 2.53. The SMILES string of the molecule is Clc1nc(N2CCOC3CCCCC32)c2ccsc2n1. The van der Waals surface area contributed by atoms with Gasteiger partial charge in [-0.15, -0.1) is 11.3 Å². The Morgan fingerprint density at radius 3 is 3.15 bits per heavy atom. The van der Waals surface area contributed by atoms with Gasteiger partial charge in [0.2, 0.25) is 5.28 Å². The molecule has 2 aromatic rings. The molecule has 3 heterocycles. The molecule has 0 radical (unpaired) electrons. The number of hydrogen-bond donors (Lipinski definition) is 0. The highest BCUT2D eigenvalue weighted by Gasteiger charge is 2.35. The Bertz CT molecular complexity index is 630. The first-order chi connectivity index (χ1) is 9.83. The van der Waals surface area contributed by atoms with Crippen molar-refractivity contribution in [2.75, 3.05) is 18.1 Å². The lowest BCUT2D eigenvalue weighted by molar-refractivity contribution is -0.00887. The van der Waals surface area contributed by atoms with E-state index in [9.17, 15) is 0 Å². The fraction of sp³-hybridized carbons (Fsp3) is 0.571. The Kier molecular flexibility index (Phi) is 3.28. The maximum absolute atomic E-state index is 6.10. The van der Waals surface area contributed by atoms with Crippen LogP contribution in [0.25, 0.3) is 10.2 Å². The largest absolute Gasteiger partial charge is 0.374 e. The molecule has 0 spiro atoms. The number of hydrogen-bond acceptors (Lipinski definition) is 5. The van der Waals surface area contributed by atoms with Crippen LogP contribution in [-0.4, -0.2) is 35.3 Å². The van der Waals surface area contributed by atoms with Crippen molar-refractivity contribution >= 4 is 39.0 Å². The van der Waals surface area contributed by atoms with Crippen LogP contribution in [-0.2, 0) is 4.74 Å². The highest BCUT2D eigenvalue weighted by Crippen LogP contribution is 2.35. The smallest absolute Gasteiger partial charge is 0.225 e. The average molecular weight is 310 g/mol. The fourth-order valence-electron chi connectivity index (χ4n) is 3.39. The number of thiophene rings is 1. The summed E-state index contributed by atoms with van der Waals surface area (Å²) in [5.74, 6) is 0.987. The third kappa shape index (κ3) is 2.08. The van der Waals surface area contributed by atoms with Crippen LogP contribution in [0.5, 0.6) is 0 Å². The lowest BCUT2D eigenvalue weighted by Crippen LogP contribution is -2.53. The van der Waals surface area contributed by atoms with Crippen molar-refractivity contribution in [1.82, 2.24) is 9.97 Å². The molecule has 0 bridgehead atoms. The summed E-state index contributed by atoms with van der Waals surface area (Å²) in [4.78, 5) is 12.2. The second-order valence-corrected chi connectivity index (χ2v) is 6.64. The van der Waals surface area contributed by atoms with Crippen molar-refractivity contribution in [3.63, 3.8) is 0 Å². The molecule has 4 rings (SSSR count). The van der Waals surface area contributed by atoms with Gasteiger partial charge in [0.1, 0.15) is 10.6 Å². The van der Waals surface area contributed by atoms with Gasteiger partial charge < -0.3 is 9.64 Å². The normalized spacial score (nSPS) is 26.8. The van der Waals surface area contributed by atoms with E-state index in [1.54, 1.807) is 11.3 Å². The summed E-state index contributed by atoms with van der Waals surface area (Å²) < 4.78 is 5.94. The van der Waals surface area contributed by atoms with E-state index in [0.717, 1.165) is 35.6 Å². The minimum absolute atomic E-state index is 0.341. The summed E-state index contributed by atoms with van der Waals surface area (Å²) in [6.45, 7) is 1.66. The average Bonchev–Trinajstić information content (AvgIpc) is 2.94. The highest BCUT2D eigenvalue weighted by molar-refractivity contribution is 7.16. The molecule has 2 aliphatic rings. The standard InChI is InChI=1S/C14H16ClN3OS/c15-14-16-12(9-5-8-20-13(9)17-14)18-6-7-19-11-4-2-1-3-10(11)18/h5,8,10-11H,1-4,6-7H2. The Morgan fingerprint density at radius 2 is 2.20 bits per heavy atom. The van der Waals surface area contributed by atoms with Gasteiger partial charge in [-0.1, -0.05) is 12.8 Å². The second kappa shape index (κ2) is 5.13. The number of fused-ring (bicyclic) bond motifs is 2. The van der Waals surface area contributed by atoms with Crippen LogP contribution in [0.2, 0.25) is 5.28 Å². The van der Waals surface area contributed by atoms with Gasteiger partial charge in [-0.3, -0.25) is 0 Å². The molecule has 20 heavy (non-hydrogen) atoms. The molecule has 1 saturated heterocycles. The number of aromatic nitrogens is 2. The molecule has 0 N–H and O–H groups in total. The first-order valence-electron chi connectivity index (χ1n) is 7.12. The zero-order valence-corrected chi connectivity index (χ0v) is 12.7. The third-order valence-electron chi connectivity index (χ3n) is 4.28. The molecule has 1 aliphatic carbocycles. The van der Waals surface area contributed by atoms with Crippen LogP contribution in [0.3, 0.4) is 0 Å². The number of anilines is 1. The Hall–Kier alpha value is -0.910. The van der Waals surface area contributed by atoms with Crippen LogP contribution in [0, 0.1) is 0 Å². The molecule has 2 aromatic heterocycles. The Labute approximate surface area is 126 Å². The van der Waals surface area contributed by atoms with Crippen LogP contribution < -0.4 is 4.90 Å². The first-order valence-corrected chi connectivity index (χ1v) is 8.38. The monoisotopic (exact) mass is 309 g/mol. The molecule has 0 aromatic carbocycles. The minimum Gasteiger partial charge on any atom is -0.374 e. The van der Waals surface area contributed by atoms with E-state index in [1.165, 1.54) is 19.3 Å². The number of halogens is 1. The van der Waals surface area contributed by atoms with E-state index in [4.69, 9.17) is 16.3 Å². The van der Waals surface area contributed by atoms with Crippen LogP contribution in [0.4, 0.5) is 5.82 Å².